The Bertz CT molecular complexity index is 869. The predicted molar refractivity (Wildman–Crippen MR) is 96.6 cm³/mol. The number of benzene rings is 1. The van der Waals surface area contributed by atoms with Gasteiger partial charge in [0.25, 0.3) is 0 Å². The largest absolute Gasteiger partial charge is 0.493 e. The van der Waals surface area contributed by atoms with E-state index in [1.54, 1.807) is 12.1 Å². The number of amides is 1. The summed E-state index contributed by atoms with van der Waals surface area (Å²) in [5.74, 6) is 0.698. The van der Waals surface area contributed by atoms with Crippen molar-refractivity contribution in [3.63, 3.8) is 0 Å². The number of carbonyl (C=O) groups excluding carboxylic acids is 1. The van der Waals surface area contributed by atoms with Crippen molar-refractivity contribution in [3.05, 3.63) is 36.5 Å². The molecule has 0 aliphatic heterocycles. The molecule has 0 unspecified atom stereocenters. The van der Waals surface area contributed by atoms with Gasteiger partial charge in [-0.2, -0.15) is 0 Å². The molecule has 0 atom stereocenters. The summed E-state index contributed by atoms with van der Waals surface area (Å²) in [5.41, 5.74) is 5.94. The lowest BCUT2D eigenvalue weighted by molar-refractivity contribution is -0.116. The summed E-state index contributed by atoms with van der Waals surface area (Å²) in [6, 6.07) is 7.39. The second-order valence-corrected chi connectivity index (χ2v) is 6.95. The number of pyridine rings is 1. The molecule has 10 heteroatoms. The Hall–Kier alpha value is -2.85. The lowest BCUT2D eigenvalue weighted by Gasteiger charge is -2.11. The Kier molecular flexibility index (Phi) is 6.36. The third-order valence-corrected chi connectivity index (χ3v) is 4.84. The van der Waals surface area contributed by atoms with Gasteiger partial charge in [0, 0.05) is 19.0 Å². The zero-order valence-electron chi connectivity index (χ0n) is 14.4. The molecule has 2 rings (SSSR count). The van der Waals surface area contributed by atoms with E-state index in [9.17, 15) is 13.2 Å². The summed E-state index contributed by atoms with van der Waals surface area (Å²) in [7, 11) is -0.914. The number of aromatic nitrogens is 1. The molecule has 0 aliphatic rings. The first-order chi connectivity index (χ1) is 12.4. The molecule has 1 amide bonds. The summed E-state index contributed by atoms with van der Waals surface area (Å²) in [4.78, 5) is 15.7. The minimum Gasteiger partial charge on any atom is -0.493 e. The van der Waals surface area contributed by atoms with Crippen LogP contribution in [0, 0.1) is 0 Å². The van der Waals surface area contributed by atoms with Gasteiger partial charge in [-0.3, -0.25) is 4.79 Å². The highest BCUT2D eigenvalue weighted by atomic mass is 32.2. The number of ether oxygens (including phenoxy) is 2. The molecule has 0 spiro atoms. The summed E-state index contributed by atoms with van der Waals surface area (Å²) >= 11 is 0. The maximum Gasteiger partial charge on any atom is 0.240 e. The molecule has 2 aromatic rings. The monoisotopic (exact) mass is 380 g/mol. The normalized spacial score (nSPS) is 11.0. The number of nitrogens with two attached hydrogens (primary N) is 1. The van der Waals surface area contributed by atoms with Crippen molar-refractivity contribution in [3.8, 4) is 11.5 Å². The van der Waals surface area contributed by atoms with E-state index in [1.165, 1.54) is 38.6 Å². The molecule has 1 aromatic carbocycles. The number of sulfonamides is 1. The molecule has 0 radical (unpaired) electrons. The molecule has 1 aromatic heterocycles. The summed E-state index contributed by atoms with van der Waals surface area (Å²) < 4.78 is 37.2. The fourth-order valence-corrected chi connectivity index (χ4v) is 3.12. The molecule has 0 aliphatic carbocycles. The lowest BCUT2D eigenvalue weighted by Crippen LogP contribution is -2.27. The van der Waals surface area contributed by atoms with Crippen LogP contribution in [0.1, 0.15) is 6.42 Å². The van der Waals surface area contributed by atoms with E-state index in [-0.39, 0.29) is 23.8 Å². The van der Waals surface area contributed by atoms with E-state index in [4.69, 9.17) is 15.2 Å². The molecule has 9 nitrogen and oxygen atoms in total. The van der Waals surface area contributed by atoms with Gasteiger partial charge in [-0.15, -0.1) is 0 Å². The van der Waals surface area contributed by atoms with Crippen LogP contribution in [0.5, 0.6) is 11.5 Å². The molecular formula is C16H20N4O5S. The molecule has 140 valence electrons. The van der Waals surface area contributed by atoms with Crippen molar-refractivity contribution in [1.82, 2.24) is 9.71 Å². The summed E-state index contributed by atoms with van der Waals surface area (Å²) in [6.07, 6.45) is 1.37. The van der Waals surface area contributed by atoms with Gasteiger partial charge >= 0.3 is 0 Å². The van der Waals surface area contributed by atoms with Gasteiger partial charge < -0.3 is 20.5 Å². The Morgan fingerprint density at radius 1 is 1.15 bits per heavy atom. The van der Waals surface area contributed by atoms with Crippen LogP contribution in [-0.2, 0) is 14.8 Å². The Morgan fingerprint density at radius 2 is 1.88 bits per heavy atom. The number of nitrogen functional groups attached to an aromatic ring is 1. The number of carbonyl (C=O) groups is 1. The number of anilines is 2. The number of nitrogens with zero attached hydrogens (tertiary/aromatic N) is 1. The fourth-order valence-electron chi connectivity index (χ4n) is 2.07. The number of nitrogens with one attached hydrogen (secondary N) is 2. The van der Waals surface area contributed by atoms with Crippen molar-refractivity contribution >= 4 is 27.4 Å². The summed E-state index contributed by atoms with van der Waals surface area (Å²) in [5, 5.41) is 2.60. The van der Waals surface area contributed by atoms with E-state index >= 15 is 0 Å². The highest BCUT2D eigenvalue weighted by Gasteiger charge is 2.17. The minimum absolute atomic E-state index is 0.0123. The fraction of sp³-hybridized carbons (Fsp3) is 0.250. The van der Waals surface area contributed by atoms with E-state index in [2.05, 4.69) is 15.0 Å². The molecule has 1 heterocycles. The average Bonchev–Trinajstić information content (AvgIpc) is 2.62. The second kappa shape index (κ2) is 8.50. The topological polar surface area (TPSA) is 133 Å². The Morgan fingerprint density at radius 3 is 2.50 bits per heavy atom. The van der Waals surface area contributed by atoms with Gasteiger partial charge in [0.1, 0.15) is 5.82 Å². The average molecular weight is 380 g/mol. The van der Waals surface area contributed by atoms with Crippen LogP contribution in [0.15, 0.2) is 41.4 Å². The van der Waals surface area contributed by atoms with Gasteiger partial charge in [-0.05, 0) is 24.3 Å². The van der Waals surface area contributed by atoms with Gasteiger partial charge in [0.05, 0.1) is 31.0 Å². The first-order valence-corrected chi connectivity index (χ1v) is 9.07. The number of hydrogen-bond acceptors (Lipinski definition) is 7. The lowest BCUT2D eigenvalue weighted by atomic mass is 10.3. The van der Waals surface area contributed by atoms with Crippen molar-refractivity contribution < 1.29 is 22.7 Å². The zero-order chi connectivity index (χ0) is 19.2. The first-order valence-electron chi connectivity index (χ1n) is 7.59. The second-order valence-electron chi connectivity index (χ2n) is 5.18. The van der Waals surface area contributed by atoms with Crippen molar-refractivity contribution in [2.45, 2.75) is 11.3 Å². The van der Waals surface area contributed by atoms with Crippen molar-refractivity contribution in [1.29, 1.82) is 0 Å². The molecule has 26 heavy (non-hydrogen) atoms. The standard InChI is InChI=1S/C16H20N4O5S/c1-24-13-5-4-12(9-14(13)25-2)26(22,23)19-8-7-16(21)20-11-3-6-15(17)18-10-11/h3-6,9-10,19H,7-8H2,1-2H3,(H2,17,18)(H,20,21). The minimum atomic E-state index is -3.79. The molecular weight excluding hydrogens is 360 g/mol. The maximum absolute atomic E-state index is 12.3. The predicted octanol–water partition coefficient (Wildman–Crippen LogP) is 0.988. The third kappa shape index (κ3) is 5.07. The smallest absolute Gasteiger partial charge is 0.240 e. The van der Waals surface area contributed by atoms with Crippen molar-refractivity contribution in [2.75, 3.05) is 31.8 Å². The van der Waals surface area contributed by atoms with Gasteiger partial charge in [0.15, 0.2) is 11.5 Å². The molecule has 0 bridgehead atoms. The van der Waals surface area contributed by atoms with Gasteiger partial charge in [-0.25, -0.2) is 18.1 Å². The Balaban J connectivity index is 1.93. The van der Waals surface area contributed by atoms with Crippen LogP contribution in [-0.4, -0.2) is 40.1 Å². The van der Waals surface area contributed by atoms with E-state index < -0.39 is 10.0 Å². The van der Waals surface area contributed by atoms with Gasteiger partial charge in [0.2, 0.25) is 15.9 Å². The van der Waals surface area contributed by atoms with Crippen LogP contribution in [0.2, 0.25) is 0 Å². The van der Waals surface area contributed by atoms with E-state index in [0.29, 0.717) is 23.0 Å². The first kappa shape index (κ1) is 19.5. The van der Waals surface area contributed by atoms with E-state index in [0.717, 1.165) is 0 Å². The molecule has 0 fully saturated rings. The highest BCUT2D eigenvalue weighted by Crippen LogP contribution is 2.29. The number of hydrogen-bond donors (Lipinski definition) is 3. The third-order valence-electron chi connectivity index (χ3n) is 3.38. The van der Waals surface area contributed by atoms with Crippen LogP contribution in [0.4, 0.5) is 11.5 Å². The SMILES string of the molecule is COc1ccc(S(=O)(=O)NCCC(=O)Nc2ccc(N)nc2)cc1OC. The zero-order valence-corrected chi connectivity index (χ0v) is 15.2. The van der Waals surface area contributed by atoms with Crippen LogP contribution >= 0.6 is 0 Å². The number of rotatable bonds is 8. The van der Waals surface area contributed by atoms with E-state index in [1.807, 2.05) is 0 Å². The maximum atomic E-state index is 12.3. The number of methoxy groups -OCH3 is 2. The quantitative estimate of drug-likeness (QED) is 0.622. The molecule has 0 saturated carbocycles. The van der Waals surface area contributed by atoms with Crippen LogP contribution < -0.4 is 25.2 Å². The molecule has 0 saturated heterocycles. The Labute approximate surface area is 151 Å². The van der Waals surface area contributed by atoms with Gasteiger partial charge in [-0.1, -0.05) is 0 Å². The van der Waals surface area contributed by atoms with Crippen LogP contribution in [0.3, 0.4) is 0 Å². The van der Waals surface area contributed by atoms with Crippen LogP contribution in [0.25, 0.3) is 0 Å². The summed E-state index contributed by atoms with van der Waals surface area (Å²) in [6.45, 7) is -0.0646. The molecule has 4 N–H and O–H groups in total. The van der Waals surface area contributed by atoms with Crippen molar-refractivity contribution in [2.24, 2.45) is 0 Å². The highest BCUT2D eigenvalue weighted by molar-refractivity contribution is 7.89.